The number of likely N-dealkylation sites (tertiary alicyclic amines) is 1. The Morgan fingerprint density at radius 1 is 1.19 bits per heavy atom. The average Bonchev–Trinajstić information content (AvgIpc) is 3.37. The topological polar surface area (TPSA) is 85.0 Å². The number of hydrogen-bond acceptors (Lipinski definition) is 6. The summed E-state index contributed by atoms with van der Waals surface area (Å²) in [5.41, 5.74) is 1.51. The molecule has 1 aliphatic heterocycles. The zero-order chi connectivity index (χ0) is 17.8. The van der Waals surface area contributed by atoms with E-state index < -0.39 is 0 Å². The number of hydrogen-bond donors (Lipinski definition) is 0. The number of rotatable bonds is 5. The van der Waals surface area contributed by atoms with Gasteiger partial charge in [-0.15, -0.1) is 0 Å². The van der Waals surface area contributed by atoms with Crippen LogP contribution in [0.3, 0.4) is 0 Å². The van der Waals surface area contributed by atoms with E-state index in [0.29, 0.717) is 23.2 Å². The highest BCUT2D eigenvalue weighted by Gasteiger charge is 2.27. The summed E-state index contributed by atoms with van der Waals surface area (Å²) < 4.78 is 5.31. The van der Waals surface area contributed by atoms with E-state index in [9.17, 15) is 4.79 Å². The predicted octanol–water partition coefficient (Wildman–Crippen LogP) is 2.62. The number of carbonyl (C=O) groups is 1. The van der Waals surface area contributed by atoms with E-state index in [1.165, 1.54) is 0 Å². The molecule has 1 saturated heterocycles. The van der Waals surface area contributed by atoms with Gasteiger partial charge in [-0.1, -0.05) is 5.16 Å². The Hall–Kier alpha value is -3.09. The molecule has 1 amide bonds. The molecule has 1 unspecified atom stereocenters. The number of aryl methyl sites for hydroxylation is 1. The molecule has 7 nitrogen and oxygen atoms in total. The SMILES string of the molecule is O=C(c1ccncc1)N1CCC(CCc2noc(-c3cccnc3)n2)C1. The molecular formula is C19H19N5O2. The third kappa shape index (κ3) is 3.61. The Bertz CT molecular complexity index is 866. The van der Waals surface area contributed by atoms with Gasteiger partial charge < -0.3 is 9.42 Å². The van der Waals surface area contributed by atoms with Gasteiger partial charge in [0.2, 0.25) is 0 Å². The fraction of sp³-hybridized carbons (Fsp3) is 0.316. The first-order valence-corrected chi connectivity index (χ1v) is 8.72. The van der Waals surface area contributed by atoms with E-state index >= 15 is 0 Å². The zero-order valence-corrected chi connectivity index (χ0v) is 14.3. The van der Waals surface area contributed by atoms with Gasteiger partial charge in [-0.05, 0) is 43.0 Å². The normalized spacial score (nSPS) is 16.8. The van der Waals surface area contributed by atoms with E-state index in [2.05, 4.69) is 20.1 Å². The Morgan fingerprint density at radius 3 is 2.88 bits per heavy atom. The van der Waals surface area contributed by atoms with E-state index in [-0.39, 0.29) is 5.91 Å². The van der Waals surface area contributed by atoms with Gasteiger partial charge in [0.1, 0.15) is 0 Å². The third-order valence-corrected chi connectivity index (χ3v) is 4.65. The van der Waals surface area contributed by atoms with Crippen molar-refractivity contribution in [3.05, 3.63) is 60.4 Å². The van der Waals surface area contributed by atoms with Gasteiger partial charge in [0.05, 0.1) is 5.56 Å². The van der Waals surface area contributed by atoms with Crippen molar-refractivity contribution in [1.29, 1.82) is 0 Å². The number of carbonyl (C=O) groups excluding carboxylic acids is 1. The summed E-state index contributed by atoms with van der Waals surface area (Å²) in [4.78, 5) is 26.9. The van der Waals surface area contributed by atoms with E-state index in [1.54, 1.807) is 36.9 Å². The Morgan fingerprint density at radius 2 is 2.08 bits per heavy atom. The van der Waals surface area contributed by atoms with Crippen molar-refractivity contribution in [1.82, 2.24) is 25.0 Å². The Kier molecular flexibility index (Phi) is 4.68. The molecule has 7 heteroatoms. The van der Waals surface area contributed by atoms with Crippen LogP contribution in [0.15, 0.2) is 53.6 Å². The quantitative estimate of drug-likeness (QED) is 0.704. The van der Waals surface area contributed by atoms with Crippen LogP contribution in [0.25, 0.3) is 11.5 Å². The fourth-order valence-electron chi connectivity index (χ4n) is 3.23. The molecule has 1 fully saturated rings. The number of pyridine rings is 2. The fourth-order valence-corrected chi connectivity index (χ4v) is 3.23. The van der Waals surface area contributed by atoms with Gasteiger partial charge in [-0.25, -0.2) is 0 Å². The van der Waals surface area contributed by atoms with Crippen molar-refractivity contribution >= 4 is 5.91 Å². The lowest BCUT2D eigenvalue weighted by molar-refractivity contribution is 0.0786. The summed E-state index contributed by atoms with van der Waals surface area (Å²) in [6, 6.07) is 7.25. The van der Waals surface area contributed by atoms with E-state index in [1.807, 2.05) is 17.0 Å². The van der Waals surface area contributed by atoms with Gasteiger partial charge in [0.15, 0.2) is 5.82 Å². The highest BCUT2D eigenvalue weighted by molar-refractivity contribution is 5.94. The molecule has 132 valence electrons. The van der Waals surface area contributed by atoms with Crippen LogP contribution in [0.5, 0.6) is 0 Å². The molecule has 0 radical (unpaired) electrons. The Balaban J connectivity index is 1.31. The van der Waals surface area contributed by atoms with Crippen LogP contribution < -0.4 is 0 Å². The van der Waals surface area contributed by atoms with E-state index in [4.69, 9.17) is 4.52 Å². The molecule has 3 aromatic rings. The molecular weight excluding hydrogens is 330 g/mol. The zero-order valence-electron chi connectivity index (χ0n) is 14.3. The van der Waals surface area contributed by atoms with Gasteiger partial charge in [-0.2, -0.15) is 4.98 Å². The lowest BCUT2D eigenvalue weighted by atomic mass is 10.0. The molecule has 4 heterocycles. The highest BCUT2D eigenvalue weighted by Crippen LogP contribution is 2.23. The largest absolute Gasteiger partial charge is 0.338 e. The summed E-state index contributed by atoms with van der Waals surface area (Å²) in [5, 5.41) is 4.05. The van der Waals surface area contributed by atoms with Gasteiger partial charge in [0.25, 0.3) is 11.8 Å². The van der Waals surface area contributed by atoms with Crippen molar-refractivity contribution < 1.29 is 9.32 Å². The smallest absolute Gasteiger partial charge is 0.259 e. The van der Waals surface area contributed by atoms with Crippen LogP contribution >= 0.6 is 0 Å². The minimum Gasteiger partial charge on any atom is -0.338 e. The molecule has 1 atom stereocenters. The van der Waals surface area contributed by atoms with Crippen LogP contribution in [-0.4, -0.2) is 44.0 Å². The summed E-state index contributed by atoms with van der Waals surface area (Å²) in [5.74, 6) is 1.73. The lowest BCUT2D eigenvalue weighted by Gasteiger charge is -2.16. The maximum atomic E-state index is 12.5. The molecule has 3 aromatic heterocycles. The van der Waals surface area contributed by atoms with Crippen LogP contribution in [0.4, 0.5) is 0 Å². The minimum atomic E-state index is 0.0772. The first kappa shape index (κ1) is 16.4. The first-order valence-electron chi connectivity index (χ1n) is 8.72. The van der Waals surface area contributed by atoms with Crippen LogP contribution in [0, 0.1) is 5.92 Å². The second-order valence-electron chi connectivity index (χ2n) is 6.44. The van der Waals surface area contributed by atoms with E-state index in [0.717, 1.165) is 37.9 Å². The monoisotopic (exact) mass is 349 g/mol. The van der Waals surface area contributed by atoms with Crippen molar-refractivity contribution in [2.24, 2.45) is 5.92 Å². The lowest BCUT2D eigenvalue weighted by Crippen LogP contribution is -2.28. The van der Waals surface area contributed by atoms with Gasteiger partial charge >= 0.3 is 0 Å². The van der Waals surface area contributed by atoms with Crippen molar-refractivity contribution in [3.63, 3.8) is 0 Å². The number of aromatic nitrogens is 4. The van der Waals surface area contributed by atoms with Crippen LogP contribution in [0.1, 0.15) is 29.0 Å². The minimum absolute atomic E-state index is 0.0772. The summed E-state index contributed by atoms with van der Waals surface area (Å²) >= 11 is 0. The predicted molar refractivity (Wildman–Crippen MR) is 94.1 cm³/mol. The maximum absolute atomic E-state index is 12.5. The molecule has 0 N–H and O–H groups in total. The molecule has 0 spiro atoms. The molecule has 26 heavy (non-hydrogen) atoms. The molecule has 0 aromatic carbocycles. The van der Waals surface area contributed by atoms with Gasteiger partial charge in [0, 0.05) is 49.9 Å². The van der Waals surface area contributed by atoms with Crippen molar-refractivity contribution in [2.45, 2.75) is 19.3 Å². The van der Waals surface area contributed by atoms with Gasteiger partial charge in [-0.3, -0.25) is 14.8 Å². The first-order chi connectivity index (χ1) is 12.8. The average molecular weight is 349 g/mol. The second kappa shape index (κ2) is 7.43. The standard InChI is InChI=1S/C19H19N5O2/c25-19(15-5-9-20-10-6-15)24-11-7-14(13-24)3-4-17-22-18(26-23-17)16-2-1-8-21-12-16/h1-2,5-6,8-10,12,14H,3-4,7,11,13H2. The molecule has 0 bridgehead atoms. The van der Waals surface area contributed by atoms with Crippen LogP contribution in [0.2, 0.25) is 0 Å². The molecule has 1 aliphatic rings. The summed E-state index contributed by atoms with van der Waals surface area (Å²) in [7, 11) is 0. The highest BCUT2D eigenvalue weighted by atomic mass is 16.5. The second-order valence-corrected chi connectivity index (χ2v) is 6.44. The molecule has 4 rings (SSSR count). The molecule has 0 aliphatic carbocycles. The van der Waals surface area contributed by atoms with Crippen LogP contribution in [-0.2, 0) is 6.42 Å². The third-order valence-electron chi connectivity index (χ3n) is 4.65. The Labute approximate surface area is 151 Å². The number of amides is 1. The summed E-state index contributed by atoms with van der Waals surface area (Å²) in [6.07, 6.45) is 9.40. The van der Waals surface area contributed by atoms with Crippen molar-refractivity contribution in [2.75, 3.05) is 13.1 Å². The maximum Gasteiger partial charge on any atom is 0.259 e. The van der Waals surface area contributed by atoms with Crippen molar-refractivity contribution in [3.8, 4) is 11.5 Å². The number of nitrogens with zero attached hydrogens (tertiary/aromatic N) is 5. The molecule has 0 saturated carbocycles. The summed E-state index contributed by atoms with van der Waals surface area (Å²) in [6.45, 7) is 1.56.